The summed E-state index contributed by atoms with van der Waals surface area (Å²) in [6.07, 6.45) is 3.39. The predicted octanol–water partition coefficient (Wildman–Crippen LogP) is 2.65. The van der Waals surface area contributed by atoms with Crippen LogP contribution in [0.3, 0.4) is 0 Å². The summed E-state index contributed by atoms with van der Waals surface area (Å²) in [5, 5.41) is 0. The first kappa shape index (κ1) is 12.4. The first-order valence-corrected chi connectivity index (χ1v) is 6.41. The Bertz CT molecular complexity index is 331. The third-order valence-electron chi connectivity index (χ3n) is 3.10. The molecule has 1 heterocycles. The van der Waals surface area contributed by atoms with Gasteiger partial charge in [-0.2, -0.15) is 0 Å². The van der Waals surface area contributed by atoms with Gasteiger partial charge in [-0.05, 0) is 37.0 Å². The van der Waals surface area contributed by atoms with Crippen molar-refractivity contribution in [3.05, 3.63) is 29.8 Å². The summed E-state index contributed by atoms with van der Waals surface area (Å²) in [5.74, 6) is 0.912. The van der Waals surface area contributed by atoms with Gasteiger partial charge < -0.3 is 15.2 Å². The van der Waals surface area contributed by atoms with Gasteiger partial charge in [-0.15, -0.1) is 0 Å². The summed E-state index contributed by atoms with van der Waals surface area (Å²) >= 11 is 0. The molecule has 3 heteroatoms. The van der Waals surface area contributed by atoms with E-state index in [-0.39, 0.29) is 12.1 Å². The second-order valence-electron chi connectivity index (χ2n) is 4.49. The Morgan fingerprint density at radius 3 is 2.76 bits per heavy atom. The number of benzene rings is 1. The molecule has 1 aromatic carbocycles. The smallest absolute Gasteiger partial charge is 0.119 e. The van der Waals surface area contributed by atoms with Crippen molar-refractivity contribution in [3.8, 4) is 5.75 Å². The Kier molecular flexibility index (Phi) is 4.40. The van der Waals surface area contributed by atoms with Crippen LogP contribution in [0.15, 0.2) is 24.3 Å². The van der Waals surface area contributed by atoms with Crippen LogP contribution in [0.4, 0.5) is 0 Å². The SMILES string of the molecule is CCCOc1ccc(C(N)C2CCCO2)cc1. The van der Waals surface area contributed by atoms with E-state index in [4.69, 9.17) is 15.2 Å². The fourth-order valence-corrected chi connectivity index (χ4v) is 2.11. The van der Waals surface area contributed by atoms with Crippen LogP contribution in [0.2, 0.25) is 0 Å². The summed E-state index contributed by atoms with van der Waals surface area (Å²) in [5.41, 5.74) is 7.31. The molecule has 0 bridgehead atoms. The number of hydrogen-bond donors (Lipinski definition) is 1. The predicted molar refractivity (Wildman–Crippen MR) is 68.1 cm³/mol. The van der Waals surface area contributed by atoms with Crippen molar-refractivity contribution in [3.63, 3.8) is 0 Å². The van der Waals surface area contributed by atoms with Crippen LogP contribution >= 0.6 is 0 Å². The summed E-state index contributed by atoms with van der Waals surface area (Å²) in [6, 6.07) is 8.03. The van der Waals surface area contributed by atoms with Gasteiger partial charge in [0.25, 0.3) is 0 Å². The molecule has 2 unspecified atom stereocenters. The van der Waals surface area contributed by atoms with Gasteiger partial charge in [0.1, 0.15) is 5.75 Å². The van der Waals surface area contributed by atoms with Crippen LogP contribution in [0.25, 0.3) is 0 Å². The molecule has 0 radical (unpaired) electrons. The van der Waals surface area contributed by atoms with E-state index in [1.807, 2.05) is 24.3 Å². The first-order valence-electron chi connectivity index (χ1n) is 6.41. The maximum atomic E-state index is 6.18. The Morgan fingerprint density at radius 2 is 2.18 bits per heavy atom. The number of rotatable bonds is 5. The molecular formula is C14H21NO2. The minimum Gasteiger partial charge on any atom is -0.494 e. The van der Waals surface area contributed by atoms with Crippen LogP contribution in [-0.4, -0.2) is 19.3 Å². The second-order valence-corrected chi connectivity index (χ2v) is 4.49. The molecule has 3 nitrogen and oxygen atoms in total. The van der Waals surface area contributed by atoms with Crippen molar-refractivity contribution in [1.82, 2.24) is 0 Å². The van der Waals surface area contributed by atoms with E-state index >= 15 is 0 Å². The van der Waals surface area contributed by atoms with E-state index in [0.29, 0.717) is 0 Å². The van der Waals surface area contributed by atoms with Gasteiger partial charge in [-0.3, -0.25) is 0 Å². The number of ether oxygens (including phenoxy) is 2. The molecule has 0 amide bonds. The highest BCUT2D eigenvalue weighted by Crippen LogP contribution is 2.26. The fourth-order valence-electron chi connectivity index (χ4n) is 2.11. The van der Waals surface area contributed by atoms with Crippen LogP contribution in [0.5, 0.6) is 5.75 Å². The lowest BCUT2D eigenvalue weighted by atomic mass is 10.0. The Balaban J connectivity index is 1.96. The summed E-state index contributed by atoms with van der Waals surface area (Å²) in [4.78, 5) is 0. The molecule has 17 heavy (non-hydrogen) atoms. The first-order chi connectivity index (χ1) is 8.31. The Labute approximate surface area is 103 Å². The standard InChI is InChI=1S/C14H21NO2/c1-2-9-16-12-7-5-11(6-8-12)14(15)13-4-3-10-17-13/h5-8,13-14H,2-4,9-10,15H2,1H3. The average molecular weight is 235 g/mol. The molecule has 0 spiro atoms. The van der Waals surface area contributed by atoms with Gasteiger partial charge in [0.2, 0.25) is 0 Å². The molecular weight excluding hydrogens is 214 g/mol. The Hall–Kier alpha value is -1.06. The largest absolute Gasteiger partial charge is 0.494 e. The third kappa shape index (κ3) is 3.20. The Morgan fingerprint density at radius 1 is 1.41 bits per heavy atom. The maximum absolute atomic E-state index is 6.18. The zero-order valence-electron chi connectivity index (χ0n) is 10.4. The maximum Gasteiger partial charge on any atom is 0.119 e. The zero-order valence-corrected chi connectivity index (χ0v) is 10.4. The van der Waals surface area contributed by atoms with Gasteiger partial charge in [-0.1, -0.05) is 19.1 Å². The lowest BCUT2D eigenvalue weighted by Gasteiger charge is -2.19. The lowest BCUT2D eigenvalue weighted by Crippen LogP contribution is -2.25. The topological polar surface area (TPSA) is 44.5 Å². The van der Waals surface area contributed by atoms with Crippen LogP contribution < -0.4 is 10.5 Å². The fraction of sp³-hybridized carbons (Fsp3) is 0.571. The average Bonchev–Trinajstić information content (AvgIpc) is 2.90. The van der Waals surface area contributed by atoms with Gasteiger partial charge in [0.15, 0.2) is 0 Å². The summed E-state index contributed by atoms with van der Waals surface area (Å²) in [6.45, 7) is 3.70. The van der Waals surface area contributed by atoms with E-state index in [1.54, 1.807) is 0 Å². The lowest BCUT2D eigenvalue weighted by molar-refractivity contribution is 0.0900. The van der Waals surface area contributed by atoms with Gasteiger partial charge in [0, 0.05) is 6.61 Å². The molecule has 2 N–H and O–H groups in total. The molecule has 2 atom stereocenters. The molecule has 2 rings (SSSR count). The molecule has 94 valence electrons. The van der Waals surface area contributed by atoms with Gasteiger partial charge in [0.05, 0.1) is 18.8 Å². The molecule has 1 aliphatic rings. The minimum atomic E-state index is -0.0160. The quantitative estimate of drug-likeness (QED) is 0.853. The second kappa shape index (κ2) is 6.03. The van der Waals surface area contributed by atoms with Crippen molar-refractivity contribution >= 4 is 0 Å². The number of hydrogen-bond acceptors (Lipinski definition) is 3. The van der Waals surface area contributed by atoms with Crippen LogP contribution in [0, 0.1) is 0 Å². The van der Waals surface area contributed by atoms with Crippen molar-refractivity contribution in [2.24, 2.45) is 5.73 Å². The van der Waals surface area contributed by atoms with Gasteiger partial charge in [-0.25, -0.2) is 0 Å². The zero-order chi connectivity index (χ0) is 12.1. The van der Waals surface area contributed by atoms with Crippen molar-refractivity contribution in [2.75, 3.05) is 13.2 Å². The monoisotopic (exact) mass is 235 g/mol. The summed E-state index contributed by atoms with van der Waals surface area (Å²) in [7, 11) is 0. The van der Waals surface area contributed by atoms with E-state index in [9.17, 15) is 0 Å². The van der Waals surface area contributed by atoms with E-state index in [2.05, 4.69) is 6.92 Å². The van der Waals surface area contributed by atoms with Crippen molar-refractivity contribution < 1.29 is 9.47 Å². The normalized spacial score (nSPS) is 21.4. The molecule has 1 aromatic rings. The molecule has 1 saturated heterocycles. The molecule has 0 aliphatic carbocycles. The number of nitrogens with two attached hydrogens (primary N) is 1. The molecule has 1 fully saturated rings. The highest BCUT2D eigenvalue weighted by atomic mass is 16.5. The van der Waals surface area contributed by atoms with Crippen molar-refractivity contribution in [2.45, 2.75) is 38.3 Å². The molecule has 0 aromatic heterocycles. The third-order valence-corrected chi connectivity index (χ3v) is 3.10. The van der Waals surface area contributed by atoms with E-state index < -0.39 is 0 Å². The van der Waals surface area contributed by atoms with E-state index in [1.165, 1.54) is 0 Å². The van der Waals surface area contributed by atoms with Crippen LogP contribution in [0.1, 0.15) is 37.8 Å². The van der Waals surface area contributed by atoms with Gasteiger partial charge >= 0.3 is 0 Å². The highest BCUT2D eigenvalue weighted by molar-refractivity contribution is 5.29. The van der Waals surface area contributed by atoms with Crippen molar-refractivity contribution in [1.29, 1.82) is 0 Å². The minimum absolute atomic E-state index is 0.0160. The van der Waals surface area contributed by atoms with Crippen LogP contribution in [-0.2, 0) is 4.74 Å². The van der Waals surface area contributed by atoms with E-state index in [0.717, 1.165) is 43.8 Å². The highest BCUT2D eigenvalue weighted by Gasteiger charge is 2.23. The molecule has 0 saturated carbocycles. The summed E-state index contributed by atoms with van der Waals surface area (Å²) < 4.78 is 11.2. The molecule has 1 aliphatic heterocycles.